The van der Waals surface area contributed by atoms with Crippen LogP contribution in [0.4, 0.5) is 0 Å². The average molecular weight is 990 g/mol. The van der Waals surface area contributed by atoms with Crippen molar-refractivity contribution in [2.45, 2.75) is 350 Å². The van der Waals surface area contributed by atoms with Crippen LogP contribution >= 0.6 is 0 Å². The first-order valence-electron chi connectivity index (χ1n) is 32.7. The van der Waals surface area contributed by atoms with Gasteiger partial charge < -0.3 is 5.53 Å². The Labute approximate surface area is 450 Å². The molecule has 410 valence electrons. The zero-order valence-electron chi connectivity index (χ0n) is 49.5. The summed E-state index contributed by atoms with van der Waals surface area (Å²) < 4.78 is 1.70. The maximum absolute atomic E-state index is 12.9. The van der Waals surface area contributed by atoms with Gasteiger partial charge in [0.2, 0.25) is 11.4 Å². The van der Waals surface area contributed by atoms with Gasteiger partial charge in [0.1, 0.15) is 0 Å². The standard InChI is InChI=1S/C70H120N2/c1-8-15-22-25-28-29-30-31-32-33-34-35-36-37-38-45-52-64-59-69(65-55-60(48-41-18-11-4)67(53-46-39-26-23-16-9-2)61(56-65)49-42-19-12-5)72(71)70(64)66-57-62(50-43-20-13-6)68(54-47-40-27-24-17-10-3)63(58-66)51-44-21-14-7/h55-59H,8-54H2,1-7H3. The smallest absolute Gasteiger partial charge is 0.210 e. The molecule has 1 aliphatic rings. The fraction of sp³-hybridized carbons (Fsp3) is 0.771. The van der Waals surface area contributed by atoms with Gasteiger partial charge in [0.25, 0.3) is 0 Å². The van der Waals surface area contributed by atoms with Crippen molar-refractivity contribution in [3.05, 3.63) is 86.0 Å². The van der Waals surface area contributed by atoms with Crippen LogP contribution in [0.2, 0.25) is 0 Å². The molecule has 0 radical (unpaired) electrons. The number of allylic oxidation sites excluding steroid dienone is 2. The van der Waals surface area contributed by atoms with Gasteiger partial charge in [-0.3, -0.25) is 0 Å². The number of benzene rings is 2. The molecular weight excluding hydrogens is 869 g/mol. The highest BCUT2D eigenvalue weighted by molar-refractivity contribution is 5.79. The van der Waals surface area contributed by atoms with Gasteiger partial charge in [-0.25, -0.2) is 4.70 Å². The van der Waals surface area contributed by atoms with E-state index in [0.717, 1.165) is 43.5 Å². The second kappa shape index (κ2) is 42.7. The van der Waals surface area contributed by atoms with E-state index in [4.69, 9.17) is 0 Å². The monoisotopic (exact) mass is 989 g/mol. The first-order valence-corrected chi connectivity index (χ1v) is 32.7. The zero-order chi connectivity index (χ0) is 51.7. The van der Waals surface area contributed by atoms with Crippen molar-refractivity contribution in [3.63, 3.8) is 0 Å². The molecule has 0 bridgehead atoms. The molecule has 0 N–H and O–H groups in total. The molecule has 0 atom stereocenters. The third kappa shape index (κ3) is 25.8. The summed E-state index contributed by atoms with van der Waals surface area (Å²) in [7, 11) is 0. The summed E-state index contributed by atoms with van der Waals surface area (Å²) >= 11 is 0. The third-order valence-corrected chi connectivity index (χ3v) is 16.6. The summed E-state index contributed by atoms with van der Waals surface area (Å²) in [5, 5.41) is 0. The Hall–Kier alpha value is -2.48. The molecule has 1 aliphatic heterocycles. The van der Waals surface area contributed by atoms with Crippen molar-refractivity contribution in [3.8, 4) is 0 Å². The fourth-order valence-corrected chi connectivity index (χ4v) is 12.0. The van der Waals surface area contributed by atoms with Crippen LogP contribution in [-0.4, -0.2) is 4.70 Å². The maximum atomic E-state index is 12.9. The Balaban J connectivity index is 1.99. The highest BCUT2D eigenvalue weighted by atomic mass is 15.2. The fourth-order valence-electron chi connectivity index (χ4n) is 12.0. The van der Waals surface area contributed by atoms with E-state index >= 15 is 0 Å². The number of hydrogen-bond donors (Lipinski definition) is 0. The minimum atomic E-state index is 1.02. The van der Waals surface area contributed by atoms with Gasteiger partial charge in [0, 0.05) is 22.8 Å². The summed E-state index contributed by atoms with van der Waals surface area (Å²) in [6.07, 6.45) is 64.0. The Kier molecular flexibility index (Phi) is 37.9. The highest BCUT2D eigenvalue weighted by Gasteiger charge is 2.31. The van der Waals surface area contributed by atoms with Gasteiger partial charge in [0.15, 0.2) is 0 Å². The van der Waals surface area contributed by atoms with Crippen LogP contribution in [0, 0.1) is 0 Å². The quantitative estimate of drug-likeness (QED) is 0.0466. The number of unbranched alkanes of at least 4 members (excludes halogenated alkanes) is 33. The molecule has 3 rings (SSSR count). The van der Waals surface area contributed by atoms with E-state index in [0.29, 0.717) is 0 Å². The number of nitrogens with zero attached hydrogens (tertiary/aromatic N) is 2. The molecule has 0 fully saturated rings. The Morgan fingerprint density at radius 1 is 0.278 bits per heavy atom. The number of aryl methyl sites for hydroxylation is 4. The molecular formula is C70H120N2. The second-order valence-corrected chi connectivity index (χ2v) is 23.2. The molecule has 0 aromatic heterocycles. The number of rotatable bonds is 49. The Morgan fingerprint density at radius 3 is 0.819 bits per heavy atom. The van der Waals surface area contributed by atoms with Gasteiger partial charge in [0.05, 0.1) is 0 Å². The highest BCUT2D eigenvalue weighted by Crippen LogP contribution is 2.41. The van der Waals surface area contributed by atoms with E-state index in [2.05, 4.69) is 78.8 Å². The van der Waals surface area contributed by atoms with Crippen molar-refractivity contribution in [2.24, 2.45) is 0 Å². The average Bonchev–Trinajstić information content (AvgIpc) is 3.72. The molecule has 0 spiro atoms. The molecule has 2 heteroatoms. The predicted octanol–water partition coefficient (Wildman–Crippen LogP) is 23.9. The normalized spacial score (nSPS) is 12.8. The molecule has 0 saturated heterocycles. The van der Waals surface area contributed by atoms with Gasteiger partial charge in [-0.2, -0.15) is 0 Å². The van der Waals surface area contributed by atoms with Crippen LogP contribution < -0.4 is 0 Å². The third-order valence-electron chi connectivity index (χ3n) is 16.6. The first-order chi connectivity index (χ1) is 35.5. The maximum Gasteiger partial charge on any atom is 0.210 e. The Morgan fingerprint density at radius 2 is 0.514 bits per heavy atom. The molecule has 0 aliphatic carbocycles. The van der Waals surface area contributed by atoms with Crippen LogP contribution in [0.1, 0.15) is 356 Å². The lowest BCUT2D eigenvalue weighted by Crippen LogP contribution is -2.09. The van der Waals surface area contributed by atoms with Crippen molar-refractivity contribution < 1.29 is 4.70 Å². The molecule has 0 saturated carbocycles. The lowest BCUT2D eigenvalue weighted by atomic mass is 9.87. The topological polar surface area (TPSA) is 25.3 Å². The zero-order valence-corrected chi connectivity index (χ0v) is 49.5. The van der Waals surface area contributed by atoms with Crippen LogP contribution in [0.15, 0.2) is 35.9 Å². The van der Waals surface area contributed by atoms with Gasteiger partial charge in [-0.1, -0.05) is 260 Å². The molecule has 1 heterocycles. The molecule has 2 aromatic carbocycles. The van der Waals surface area contributed by atoms with Crippen LogP contribution in [-0.2, 0) is 38.5 Å². The van der Waals surface area contributed by atoms with Crippen LogP contribution in [0.3, 0.4) is 0 Å². The Bertz CT molecular complexity index is 1680. The van der Waals surface area contributed by atoms with E-state index in [9.17, 15) is 5.53 Å². The van der Waals surface area contributed by atoms with Gasteiger partial charge >= 0.3 is 0 Å². The van der Waals surface area contributed by atoms with Crippen molar-refractivity contribution in [1.82, 2.24) is 0 Å². The second-order valence-electron chi connectivity index (χ2n) is 23.2. The summed E-state index contributed by atoms with van der Waals surface area (Å²) in [6, 6.07) is 10.2. The molecule has 0 amide bonds. The van der Waals surface area contributed by atoms with Crippen LogP contribution in [0.25, 0.3) is 16.9 Å². The lowest BCUT2D eigenvalue weighted by molar-refractivity contribution is -0.344. The van der Waals surface area contributed by atoms with Crippen molar-refractivity contribution in [2.75, 3.05) is 0 Å². The lowest BCUT2D eigenvalue weighted by Gasteiger charge is -2.20. The molecule has 0 unspecified atom stereocenters. The van der Waals surface area contributed by atoms with E-state index in [1.54, 1.807) is 38.1 Å². The first kappa shape index (κ1) is 63.8. The summed E-state index contributed by atoms with van der Waals surface area (Å²) in [6.45, 7) is 16.4. The summed E-state index contributed by atoms with van der Waals surface area (Å²) in [5.41, 5.74) is 28.5. The van der Waals surface area contributed by atoms with Gasteiger partial charge in [-0.05, 0) is 148 Å². The summed E-state index contributed by atoms with van der Waals surface area (Å²) in [5.74, 6) is 0. The minimum absolute atomic E-state index is 1.02. The van der Waals surface area contributed by atoms with Gasteiger partial charge in [-0.15, -0.1) is 0 Å². The summed E-state index contributed by atoms with van der Waals surface area (Å²) in [4.78, 5) is 0. The predicted molar refractivity (Wildman–Crippen MR) is 323 cm³/mol. The molecule has 2 aromatic rings. The largest absolute Gasteiger partial charge is 0.493 e. The SMILES string of the molecule is CCCCCCCCCCCCCCCCCCC1=C(c2cc(CCCCC)c(CCCCCCCC)c(CCCCC)c2)[N+](=[N-])C(c2cc(CCCCC)c(CCCCCCCC)c(CCCCC)c2)=C1. The van der Waals surface area contributed by atoms with Crippen LogP contribution in [0.5, 0.6) is 0 Å². The number of hydrogen-bond acceptors (Lipinski definition) is 0. The molecule has 2 nitrogen and oxygen atoms in total. The van der Waals surface area contributed by atoms with E-state index in [-0.39, 0.29) is 0 Å². The van der Waals surface area contributed by atoms with E-state index in [1.165, 1.54) is 286 Å². The van der Waals surface area contributed by atoms with E-state index < -0.39 is 0 Å². The minimum Gasteiger partial charge on any atom is -0.493 e. The van der Waals surface area contributed by atoms with E-state index in [1.807, 2.05) is 0 Å². The van der Waals surface area contributed by atoms with Crippen molar-refractivity contribution in [1.29, 1.82) is 0 Å². The molecule has 72 heavy (non-hydrogen) atoms. The van der Waals surface area contributed by atoms with Crippen molar-refractivity contribution >= 4 is 11.4 Å².